The number of hydrogen-bond acceptors (Lipinski definition) is 5. The van der Waals surface area contributed by atoms with Crippen molar-refractivity contribution in [2.45, 2.75) is 36.5 Å². The molecular formula is C24H26N2O5S2. The van der Waals surface area contributed by atoms with Gasteiger partial charge in [0.25, 0.3) is 20.0 Å². The molecule has 0 aliphatic carbocycles. The van der Waals surface area contributed by atoms with Crippen molar-refractivity contribution in [3.05, 3.63) is 77.4 Å². The molecule has 0 atom stereocenters. The van der Waals surface area contributed by atoms with Crippen LogP contribution >= 0.6 is 0 Å². The zero-order chi connectivity index (χ0) is 23.8. The van der Waals surface area contributed by atoms with Crippen LogP contribution in [-0.4, -0.2) is 30.5 Å². The van der Waals surface area contributed by atoms with Crippen molar-refractivity contribution in [2.75, 3.05) is 22.7 Å². The second-order valence-electron chi connectivity index (χ2n) is 8.10. The molecule has 0 aromatic heterocycles. The number of benzene rings is 3. The summed E-state index contributed by atoms with van der Waals surface area (Å²) in [5, 5.41) is 0. The number of nitrogens with one attached hydrogen (secondary N) is 1. The van der Waals surface area contributed by atoms with Crippen molar-refractivity contribution in [3.63, 3.8) is 0 Å². The molecule has 3 aromatic carbocycles. The summed E-state index contributed by atoms with van der Waals surface area (Å²) in [4.78, 5) is 0.225. The summed E-state index contributed by atoms with van der Waals surface area (Å²) in [6.07, 6.45) is 1.40. The number of nitrogens with zero attached hydrogens (tertiary/aromatic N) is 1. The van der Waals surface area contributed by atoms with Crippen LogP contribution in [0, 0.1) is 13.8 Å². The molecule has 0 saturated carbocycles. The minimum atomic E-state index is -3.96. The Bertz CT molecular complexity index is 1400. The van der Waals surface area contributed by atoms with E-state index in [9.17, 15) is 16.8 Å². The van der Waals surface area contributed by atoms with E-state index in [1.807, 2.05) is 6.92 Å². The van der Waals surface area contributed by atoms with E-state index in [0.717, 1.165) is 16.7 Å². The first kappa shape index (κ1) is 23.1. The molecule has 0 amide bonds. The molecule has 33 heavy (non-hydrogen) atoms. The fourth-order valence-corrected chi connectivity index (χ4v) is 6.73. The molecule has 9 heteroatoms. The Hall–Kier alpha value is -3.04. The molecule has 1 aliphatic rings. The van der Waals surface area contributed by atoms with Crippen molar-refractivity contribution in [1.82, 2.24) is 0 Å². The van der Waals surface area contributed by atoms with E-state index in [1.165, 1.54) is 17.5 Å². The average Bonchev–Trinajstić information content (AvgIpc) is 2.78. The molecular weight excluding hydrogens is 460 g/mol. The summed E-state index contributed by atoms with van der Waals surface area (Å²) in [7, 11) is -6.33. The topological polar surface area (TPSA) is 92.8 Å². The van der Waals surface area contributed by atoms with Gasteiger partial charge in [0.15, 0.2) is 0 Å². The Morgan fingerprint density at radius 2 is 1.58 bits per heavy atom. The summed E-state index contributed by atoms with van der Waals surface area (Å²) in [6, 6.07) is 16.6. The molecule has 7 nitrogen and oxygen atoms in total. The number of fused-ring (bicyclic) bond motifs is 1. The molecule has 1 aliphatic heterocycles. The highest BCUT2D eigenvalue weighted by atomic mass is 32.2. The van der Waals surface area contributed by atoms with Crippen LogP contribution in [0.1, 0.15) is 23.1 Å². The molecule has 4 rings (SSSR count). The molecule has 0 unspecified atom stereocenters. The molecule has 0 bridgehead atoms. The van der Waals surface area contributed by atoms with Gasteiger partial charge >= 0.3 is 0 Å². The molecule has 3 aromatic rings. The lowest BCUT2D eigenvalue weighted by molar-refractivity contribution is 0.402. The third-order valence-corrected chi connectivity index (χ3v) is 8.86. The van der Waals surface area contributed by atoms with Crippen LogP contribution in [0.3, 0.4) is 0 Å². The maximum absolute atomic E-state index is 13.4. The summed E-state index contributed by atoms with van der Waals surface area (Å²) < 4.78 is 62.1. The molecule has 0 saturated heterocycles. The van der Waals surface area contributed by atoms with Gasteiger partial charge in [-0.15, -0.1) is 0 Å². The third kappa shape index (κ3) is 4.56. The highest BCUT2D eigenvalue weighted by molar-refractivity contribution is 7.93. The smallest absolute Gasteiger partial charge is 0.265 e. The predicted octanol–water partition coefficient (Wildman–Crippen LogP) is 4.25. The SMILES string of the molecule is COc1ccc(C)cc1S(=O)(=O)Nc1ccc2c(c1)N(S(=O)(=O)c1ccc(C)cc1)CCC2. The number of hydrogen-bond donors (Lipinski definition) is 1. The van der Waals surface area contributed by atoms with Gasteiger partial charge in [0, 0.05) is 6.54 Å². The Balaban J connectivity index is 1.72. The van der Waals surface area contributed by atoms with Gasteiger partial charge in [-0.2, -0.15) is 0 Å². The number of sulfonamides is 2. The first-order chi connectivity index (χ1) is 15.6. The molecule has 0 spiro atoms. The van der Waals surface area contributed by atoms with Crippen LogP contribution in [0.2, 0.25) is 0 Å². The van der Waals surface area contributed by atoms with E-state index < -0.39 is 20.0 Å². The second-order valence-corrected chi connectivity index (χ2v) is 11.6. The van der Waals surface area contributed by atoms with E-state index in [4.69, 9.17) is 4.74 Å². The summed E-state index contributed by atoms with van der Waals surface area (Å²) >= 11 is 0. The Morgan fingerprint density at radius 1 is 0.879 bits per heavy atom. The Morgan fingerprint density at radius 3 is 2.27 bits per heavy atom. The van der Waals surface area contributed by atoms with E-state index in [-0.39, 0.29) is 21.2 Å². The van der Waals surface area contributed by atoms with E-state index >= 15 is 0 Å². The molecule has 1 N–H and O–H groups in total. The van der Waals surface area contributed by atoms with Gasteiger partial charge in [-0.05, 0) is 74.2 Å². The highest BCUT2D eigenvalue weighted by Gasteiger charge is 2.30. The van der Waals surface area contributed by atoms with Gasteiger partial charge in [0.05, 0.1) is 23.4 Å². The largest absolute Gasteiger partial charge is 0.495 e. The summed E-state index contributed by atoms with van der Waals surface area (Å²) in [6.45, 7) is 4.02. The molecule has 0 radical (unpaired) electrons. The first-order valence-electron chi connectivity index (χ1n) is 10.5. The summed E-state index contributed by atoms with van der Waals surface area (Å²) in [5.74, 6) is 0.231. The maximum atomic E-state index is 13.4. The molecule has 0 fully saturated rings. The van der Waals surface area contributed by atoms with Crippen molar-refractivity contribution < 1.29 is 21.6 Å². The number of anilines is 2. The van der Waals surface area contributed by atoms with Crippen LogP contribution in [-0.2, 0) is 26.5 Å². The van der Waals surface area contributed by atoms with Crippen molar-refractivity contribution in [1.29, 1.82) is 0 Å². The second kappa shape index (κ2) is 8.72. The maximum Gasteiger partial charge on any atom is 0.265 e. The van der Waals surface area contributed by atoms with E-state index in [1.54, 1.807) is 61.5 Å². The lowest BCUT2D eigenvalue weighted by Crippen LogP contribution is -2.35. The van der Waals surface area contributed by atoms with Crippen molar-refractivity contribution in [2.24, 2.45) is 0 Å². The first-order valence-corrected chi connectivity index (χ1v) is 13.4. The molecule has 1 heterocycles. The number of aryl methyl sites for hydroxylation is 3. The minimum absolute atomic E-state index is 0.0202. The van der Waals surface area contributed by atoms with Gasteiger partial charge in [-0.3, -0.25) is 9.03 Å². The predicted molar refractivity (Wildman–Crippen MR) is 129 cm³/mol. The van der Waals surface area contributed by atoms with Crippen LogP contribution in [0.25, 0.3) is 0 Å². The fraction of sp³-hybridized carbons (Fsp3) is 0.250. The third-order valence-electron chi connectivity index (χ3n) is 5.63. The van der Waals surface area contributed by atoms with Crippen molar-refractivity contribution in [3.8, 4) is 5.75 Å². The van der Waals surface area contributed by atoms with Gasteiger partial charge in [-0.1, -0.05) is 29.8 Å². The monoisotopic (exact) mass is 486 g/mol. The lowest BCUT2D eigenvalue weighted by atomic mass is 10.0. The van der Waals surface area contributed by atoms with Crippen LogP contribution < -0.4 is 13.8 Å². The Kier molecular flexibility index (Phi) is 6.11. The van der Waals surface area contributed by atoms with Gasteiger partial charge in [-0.25, -0.2) is 16.8 Å². The molecule has 174 valence electrons. The highest BCUT2D eigenvalue weighted by Crippen LogP contribution is 2.35. The van der Waals surface area contributed by atoms with Gasteiger partial charge in [0.1, 0.15) is 10.6 Å². The minimum Gasteiger partial charge on any atom is -0.495 e. The van der Waals surface area contributed by atoms with Crippen LogP contribution in [0.4, 0.5) is 11.4 Å². The lowest BCUT2D eigenvalue weighted by Gasteiger charge is -2.31. The standard InChI is InChI=1S/C24H26N2O5S2/c1-17-6-11-21(12-7-17)33(29,30)26-14-4-5-19-9-10-20(16-22(19)26)25-32(27,28)24-15-18(2)8-13-23(24)31-3/h6-13,15-16,25H,4-5,14H2,1-3H3. The summed E-state index contributed by atoms with van der Waals surface area (Å²) in [5.41, 5.74) is 3.36. The number of ether oxygens (including phenoxy) is 1. The van der Waals surface area contributed by atoms with E-state index in [2.05, 4.69) is 4.72 Å². The zero-order valence-corrected chi connectivity index (χ0v) is 20.3. The van der Waals surface area contributed by atoms with Gasteiger partial charge < -0.3 is 4.74 Å². The van der Waals surface area contributed by atoms with Crippen molar-refractivity contribution >= 4 is 31.4 Å². The number of rotatable bonds is 6. The fourth-order valence-electron chi connectivity index (χ4n) is 3.90. The van der Waals surface area contributed by atoms with Crippen LogP contribution in [0.15, 0.2) is 70.5 Å². The Labute approximate surface area is 195 Å². The number of methoxy groups -OCH3 is 1. The average molecular weight is 487 g/mol. The quantitative estimate of drug-likeness (QED) is 0.562. The van der Waals surface area contributed by atoms with Crippen LogP contribution in [0.5, 0.6) is 5.75 Å². The van der Waals surface area contributed by atoms with Gasteiger partial charge in [0.2, 0.25) is 0 Å². The normalized spacial score (nSPS) is 14.0. The zero-order valence-electron chi connectivity index (χ0n) is 18.7. The van der Waals surface area contributed by atoms with E-state index in [0.29, 0.717) is 25.1 Å².